The minimum Gasteiger partial charge on any atom is -0.399 e. The fourth-order valence-electron chi connectivity index (χ4n) is 1.72. The zero-order chi connectivity index (χ0) is 17.5. The molecule has 0 aromatic rings. The zero-order valence-corrected chi connectivity index (χ0v) is 15.0. The molecule has 1 N–H and O–H groups in total. The molecule has 1 amide bonds. The molecule has 0 bridgehead atoms. The normalized spacial score (nSPS) is 20.3. The second-order valence-corrected chi connectivity index (χ2v) is 5.05. The van der Waals surface area contributed by atoms with Crippen molar-refractivity contribution in [2.45, 2.75) is 47.0 Å². The molecule has 1 rings (SSSR count). The van der Waals surface area contributed by atoms with Gasteiger partial charge in [0.2, 0.25) is 5.91 Å². The van der Waals surface area contributed by atoms with Crippen LogP contribution in [0.15, 0.2) is 52.9 Å². The lowest BCUT2D eigenvalue weighted by Gasteiger charge is -2.08. The summed E-state index contributed by atoms with van der Waals surface area (Å²) in [6.45, 7) is 7.72. The first-order valence-electron chi connectivity index (χ1n) is 8.23. The zero-order valence-electron chi connectivity index (χ0n) is 15.0. The Morgan fingerprint density at radius 2 is 1.96 bits per heavy atom. The highest BCUT2D eigenvalue weighted by Crippen LogP contribution is 2.15. The number of carbonyl (C=O) groups is 1. The van der Waals surface area contributed by atoms with Crippen LogP contribution in [0.2, 0.25) is 0 Å². The molecule has 0 atom stereocenters. The van der Waals surface area contributed by atoms with Gasteiger partial charge in [-0.15, -0.1) is 0 Å². The van der Waals surface area contributed by atoms with E-state index in [0.29, 0.717) is 0 Å². The van der Waals surface area contributed by atoms with Crippen molar-refractivity contribution in [2.75, 3.05) is 7.11 Å². The van der Waals surface area contributed by atoms with Gasteiger partial charge in [-0.25, -0.2) is 0 Å². The number of allylic oxidation sites excluding steroid dienone is 7. The van der Waals surface area contributed by atoms with Crippen molar-refractivity contribution >= 4 is 12.1 Å². The van der Waals surface area contributed by atoms with Crippen molar-refractivity contribution in [3.8, 4) is 0 Å². The highest BCUT2D eigenvalue weighted by Gasteiger charge is 2.07. The van der Waals surface area contributed by atoms with Gasteiger partial charge in [0, 0.05) is 17.7 Å². The summed E-state index contributed by atoms with van der Waals surface area (Å²) in [4.78, 5) is 16.5. The van der Waals surface area contributed by atoms with Gasteiger partial charge in [0.05, 0.1) is 6.21 Å². The van der Waals surface area contributed by atoms with Gasteiger partial charge in [-0.3, -0.25) is 4.79 Å². The lowest BCUT2D eigenvalue weighted by molar-refractivity contribution is -0.123. The maximum absolute atomic E-state index is 11.7. The number of nitrogens with one attached hydrogen (secondary N) is 1. The first kappa shape index (κ1) is 20.9. The molecule has 4 heteroatoms. The van der Waals surface area contributed by atoms with E-state index in [-0.39, 0.29) is 11.8 Å². The number of nitrogens with zero attached hydrogens (tertiary/aromatic N) is 1. The molecule has 0 radical (unpaired) electrons. The van der Waals surface area contributed by atoms with Crippen molar-refractivity contribution in [3.05, 3.63) is 47.7 Å². The number of oxime groups is 1. The molecular weight excluding hydrogens is 288 g/mol. The van der Waals surface area contributed by atoms with Crippen LogP contribution < -0.4 is 5.32 Å². The molecule has 1 aliphatic rings. The van der Waals surface area contributed by atoms with Crippen LogP contribution in [0.4, 0.5) is 0 Å². The molecule has 0 spiro atoms. The largest absolute Gasteiger partial charge is 0.399 e. The summed E-state index contributed by atoms with van der Waals surface area (Å²) >= 11 is 0. The van der Waals surface area contributed by atoms with Gasteiger partial charge in [-0.1, -0.05) is 63.2 Å². The van der Waals surface area contributed by atoms with E-state index in [2.05, 4.69) is 28.7 Å². The monoisotopic (exact) mass is 318 g/mol. The topological polar surface area (TPSA) is 50.7 Å². The summed E-state index contributed by atoms with van der Waals surface area (Å²) in [5, 5.41) is 6.62. The summed E-state index contributed by atoms with van der Waals surface area (Å²) in [5.74, 6) is -0.0794. The lowest BCUT2D eigenvalue weighted by Crippen LogP contribution is -2.23. The number of hydrogen-bond acceptors (Lipinski definition) is 3. The van der Waals surface area contributed by atoms with Crippen LogP contribution in [0, 0.1) is 5.92 Å². The third-order valence-electron chi connectivity index (χ3n) is 3.00. The minimum absolute atomic E-state index is 0.0203. The third kappa shape index (κ3) is 9.51. The molecule has 0 aromatic carbocycles. The van der Waals surface area contributed by atoms with Crippen LogP contribution in [0.5, 0.6) is 0 Å². The highest BCUT2D eigenvalue weighted by molar-refractivity contribution is 5.86. The predicted molar refractivity (Wildman–Crippen MR) is 98.1 cm³/mol. The van der Waals surface area contributed by atoms with E-state index in [0.717, 1.165) is 30.4 Å². The molecule has 0 saturated carbocycles. The molecule has 0 saturated heterocycles. The van der Waals surface area contributed by atoms with E-state index in [9.17, 15) is 4.79 Å². The highest BCUT2D eigenvalue weighted by atomic mass is 16.6. The van der Waals surface area contributed by atoms with Crippen molar-refractivity contribution in [1.82, 2.24) is 5.32 Å². The molecule has 0 heterocycles. The molecule has 0 unspecified atom stereocenters. The Bertz CT molecular complexity index is 484. The maximum Gasteiger partial charge on any atom is 0.226 e. The van der Waals surface area contributed by atoms with E-state index in [1.165, 1.54) is 7.11 Å². The van der Waals surface area contributed by atoms with E-state index >= 15 is 0 Å². The smallest absolute Gasteiger partial charge is 0.226 e. The van der Waals surface area contributed by atoms with Crippen LogP contribution in [0.25, 0.3) is 0 Å². The molecule has 23 heavy (non-hydrogen) atoms. The number of hydrogen-bond donors (Lipinski definition) is 1. The number of rotatable bonds is 5. The fraction of sp³-hybridized carbons (Fsp3) is 0.474. The summed E-state index contributed by atoms with van der Waals surface area (Å²) in [5.41, 5.74) is 1.91. The molecular formula is C19H30N2O2. The van der Waals surface area contributed by atoms with Gasteiger partial charge in [-0.05, 0) is 24.8 Å². The average Bonchev–Trinajstić information content (AvgIpc) is 2.70. The number of amides is 1. The molecule has 0 aliphatic heterocycles. The lowest BCUT2D eigenvalue weighted by atomic mass is 10.0. The van der Waals surface area contributed by atoms with Gasteiger partial charge in [0.15, 0.2) is 0 Å². The maximum atomic E-state index is 11.7. The van der Waals surface area contributed by atoms with E-state index in [1.54, 1.807) is 12.4 Å². The Labute approximate surface area is 140 Å². The van der Waals surface area contributed by atoms with E-state index in [1.807, 2.05) is 39.8 Å². The van der Waals surface area contributed by atoms with Crippen molar-refractivity contribution in [2.24, 2.45) is 11.1 Å². The molecule has 1 aliphatic carbocycles. The van der Waals surface area contributed by atoms with Crippen LogP contribution in [0.1, 0.15) is 47.0 Å². The predicted octanol–water partition coefficient (Wildman–Crippen LogP) is 4.52. The fourth-order valence-corrected chi connectivity index (χ4v) is 1.72. The van der Waals surface area contributed by atoms with Gasteiger partial charge >= 0.3 is 0 Å². The molecule has 128 valence electrons. The SMILES string of the molecule is CC.CO\N=C/C(=C/NC(=O)C(C)C)C1=C/C=C\CC/C=C\C\1. The average molecular weight is 318 g/mol. The first-order valence-corrected chi connectivity index (χ1v) is 8.23. The van der Waals surface area contributed by atoms with Gasteiger partial charge in [0.25, 0.3) is 0 Å². The number of carbonyl (C=O) groups excluding carboxylic acids is 1. The molecule has 0 fully saturated rings. The summed E-state index contributed by atoms with van der Waals surface area (Å²) in [6, 6.07) is 0. The Morgan fingerprint density at radius 1 is 1.26 bits per heavy atom. The second kappa shape index (κ2) is 13.6. The summed E-state index contributed by atoms with van der Waals surface area (Å²) < 4.78 is 0. The Kier molecular flexibility index (Phi) is 12.3. The van der Waals surface area contributed by atoms with Crippen molar-refractivity contribution < 1.29 is 9.63 Å². The van der Waals surface area contributed by atoms with Crippen LogP contribution >= 0.6 is 0 Å². The van der Waals surface area contributed by atoms with E-state index in [4.69, 9.17) is 4.84 Å². The quantitative estimate of drug-likeness (QED) is 0.460. The summed E-state index contributed by atoms with van der Waals surface area (Å²) in [7, 11) is 1.50. The van der Waals surface area contributed by atoms with Crippen LogP contribution in [-0.4, -0.2) is 19.2 Å². The van der Waals surface area contributed by atoms with Gasteiger partial charge in [-0.2, -0.15) is 0 Å². The van der Waals surface area contributed by atoms with Crippen molar-refractivity contribution in [3.63, 3.8) is 0 Å². The van der Waals surface area contributed by atoms with Crippen molar-refractivity contribution in [1.29, 1.82) is 0 Å². The van der Waals surface area contributed by atoms with Crippen LogP contribution in [0.3, 0.4) is 0 Å². The third-order valence-corrected chi connectivity index (χ3v) is 3.00. The Morgan fingerprint density at radius 3 is 2.61 bits per heavy atom. The van der Waals surface area contributed by atoms with Crippen LogP contribution in [-0.2, 0) is 9.63 Å². The Balaban J connectivity index is 0.00000232. The van der Waals surface area contributed by atoms with Gasteiger partial charge < -0.3 is 10.2 Å². The standard InChI is InChI=1S/C17H24N2O2.C2H6/c1-14(2)17(20)18-12-16(13-19-21-3)15-10-8-6-4-5-7-9-11-15;1-2/h6-10,12-14H,4-5,11H2,1-3H3,(H,18,20);1-2H3/b8-6-,9-7-,15-10+,16-12-,19-13-;. The second-order valence-electron chi connectivity index (χ2n) is 5.05. The summed E-state index contributed by atoms with van der Waals surface area (Å²) in [6.07, 6.45) is 16.7. The van der Waals surface area contributed by atoms with Gasteiger partial charge in [0.1, 0.15) is 7.11 Å². The molecule has 4 nitrogen and oxygen atoms in total. The Hall–Kier alpha value is -2.10. The van der Waals surface area contributed by atoms with E-state index < -0.39 is 0 Å². The first-order chi connectivity index (χ1) is 11.1. The molecule has 0 aromatic heterocycles. The minimum atomic E-state index is -0.0591.